The Morgan fingerprint density at radius 2 is 1.92 bits per heavy atom. The summed E-state index contributed by atoms with van der Waals surface area (Å²) in [5, 5.41) is 0. The van der Waals surface area contributed by atoms with E-state index in [-0.39, 0.29) is 6.42 Å². The van der Waals surface area contributed by atoms with Crippen LogP contribution in [0.15, 0.2) is 0 Å². The van der Waals surface area contributed by atoms with Crippen molar-refractivity contribution in [1.82, 2.24) is 4.31 Å². The van der Waals surface area contributed by atoms with Gasteiger partial charge in [-0.3, -0.25) is 4.79 Å². The van der Waals surface area contributed by atoms with Crippen molar-refractivity contribution in [1.29, 1.82) is 0 Å². The van der Waals surface area contributed by atoms with Crippen molar-refractivity contribution in [2.45, 2.75) is 37.4 Å². The Labute approximate surface area is 82.9 Å². The highest BCUT2D eigenvalue weighted by Crippen LogP contribution is 2.32. The fourth-order valence-corrected chi connectivity index (χ4v) is 3.41. The molecule has 1 aliphatic heterocycles. The molecule has 0 spiro atoms. The number of sulfonamides is 1. The Balaban J connectivity index is 3.19. The molecule has 0 aromatic heterocycles. The van der Waals surface area contributed by atoms with Crippen molar-refractivity contribution >= 4 is 27.5 Å². The minimum absolute atomic E-state index is 0.124. The van der Waals surface area contributed by atoms with E-state index in [0.717, 1.165) is 4.31 Å². The van der Waals surface area contributed by atoms with E-state index in [1.807, 2.05) is 0 Å². The largest absolute Gasteiger partial charge is 0.274 e. The summed E-state index contributed by atoms with van der Waals surface area (Å²) in [6.07, 6.45) is -0.124. The van der Waals surface area contributed by atoms with Gasteiger partial charge in [0.2, 0.25) is 5.91 Å². The van der Waals surface area contributed by atoms with E-state index in [4.69, 9.17) is 11.6 Å². The molecule has 1 aliphatic rings. The molecule has 0 aliphatic carbocycles. The molecule has 1 unspecified atom stereocenters. The molecule has 1 saturated heterocycles. The summed E-state index contributed by atoms with van der Waals surface area (Å²) < 4.78 is 22.8. The van der Waals surface area contributed by atoms with Crippen molar-refractivity contribution in [3.8, 4) is 0 Å². The maximum atomic E-state index is 11.5. The van der Waals surface area contributed by atoms with Gasteiger partial charge in [0.1, 0.15) is 0 Å². The van der Waals surface area contributed by atoms with Gasteiger partial charge < -0.3 is 0 Å². The number of amides is 1. The molecular formula is C7H12ClNO3S. The summed E-state index contributed by atoms with van der Waals surface area (Å²) in [5.41, 5.74) is -0.723. The number of nitrogens with zero attached hydrogens (tertiary/aromatic N) is 1. The van der Waals surface area contributed by atoms with Gasteiger partial charge in [0.25, 0.3) is 10.0 Å². The normalized spacial score (nSPS) is 28.2. The lowest BCUT2D eigenvalue weighted by atomic mass is 10.1. The van der Waals surface area contributed by atoms with Crippen LogP contribution in [0.5, 0.6) is 0 Å². The van der Waals surface area contributed by atoms with Crippen LogP contribution in [0.4, 0.5) is 0 Å². The molecule has 76 valence electrons. The second-order valence-corrected chi connectivity index (χ2v) is 6.74. The highest BCUT2D eigenvalue weighted by Gasteiger charge is 2.48. The third kappa shape index (κ3) is 1.67. The van der Waals surface area contributed by atoms with E-state index in [9.17, 15) is 13.2 Å². The molecule has 1 fully saturated rings. The molecule has 0 aromatic carbocycles. The van der Waals surface area contributed by atoms with Crippen molar-refractivity contribution in [2.24, 2.45) is 0 Å². The number of carbonyl (C=O) groups excluding carboxylic acids is 1. The number of carbonyl (C=O) groups is 1. The quantitative estimate of drug-likeness (QED) is 0.576. The topological polar surface area (TPSA) is 54.5 Å². The second kappa shape index (κ2) is 2.85. The van der Waals surface area contributed by atoms with Gasteiger partial charge in [0, 0.05) is 0 Å². The Morgan fingerprint density at radius 3 is 2.08 bits per heavy atom. The zero-order chi connectivity index (χ0) is 10.4. The first-order chi connectivity index (χ1) is 5.67. The van der Waals surface area contributed by atoms with Gasteiger partial charge in [-0.05, 0) is 20.8 Å². The van der Waals surface area contributed by atoms with Crippen molar-refractivity contribution in [3.05, 3.63) is 0 Å². The van der Waals surface area contributed by atoms with Gasteiger partial charge in [0.05, 0.1) is 12.0 Å². The first-order valence-corrected chi connectivity index (χ1v) is 5.82. The average Bonchev–Trinajstić information content (AvgIpc) is 1.99. The average molecular weight is 226 g/mol. The molecule has 13 heavy (non-hydrogen) atoms. The maximum Gasteiger partial charge on any atom is 0.255 e. The molecule has 4 nitrogen and oxygen atoms in total. The van der Waals surface area contributed by atoms with Crippen LogP contribution in [0, 0.1) is 0 Å². The van der Waals surface area contributed by atoms with Crippen molar-refractivity contribution in [2.75, 3.05) is 0 Å². The zero-order valence-electron chi connectivity index (χ0n) is 7.74. The lowest BCUT2D eigenvalue weighted by Gasteiger charge is -2.30. The number of rotatable bonds is 0. The molecule has 1 rings (SSSR count). The minimum atomic E-state index is -3.62. The number of hydrogen-bond donors (Lipinski definition) is 0. The molecule has 1 heterocycles. The van der Waals surface area contributed by atoms with Gasteiger partial charge in [-0.25, -0.2) is 12.7 Å². The molecule has 0 bridgehead atoms. The molecule has 1 amide bonds. The van der Waals surface area contributed by atoms with E-state index in [0.29, 0.717) is 0 Å². The van der Waals surface area contributed by atoms with Crippen molar-refractivity contribution < 1.29 is 13.2 Å². The lowest BCUT2D eigenvalue weighted by Crippen LogP contribution is -2.45. The molecule has 6 heteroatoms. The lowest BCUT2D eigenvalue weighted by molar-refractivity contribution is -0.127. The van der Waals surface area contributed by atoms with Crippen LogP contribution < -0.4 is 0 Å². The van der Waals surface area contributed by atoms with Crippen LogP contribution in [0.3, 0.4) is 0 Å². The van der Waals surface area contributed by atoms with E-state index >= 15 is 0 Å². The fourth-order valence-electron chi connectivity index (χ4n) is 1.34. The number of halogens is 1. The van der Waals surface area contributed by atoms with Crippen LogP contribution >= 0.6 is 11.6 Å². The number of hydrogen-bond acceptors (Lipinski definition) is 3. The van der Waals surface area contributed by atoms with E-state index < -0.39 is 26.2 Å². The first kappa shape index (κ1) is 10.8. The standard InChI is InChI=1S/C7H12ClNO3S/c1-7(2,3)9-6(10)4-5(8)13(9,11)12/h5H,4H2,1-3H3. The molecule has 0 radical (unpaired) electrons. The summed E-state index contributed by atoms with van der Waals surface area (Å²) in [6.45, 7) is 4.99. The van der Waals surface area contributed by atoms with E-state index in [1.54, 1.807) is 20.8 Å². The van der Waals surface area contributed by atoms with Crippen molar-refractivity contribution in [3.63, 3.8) is 0 Å². The summed E-state index contributed by atoms with van der Waals surface area (Å²) >= 11 is 5.55. The van der Waals surface area contributed by atoms with Crippen LogP contribution in [0.2, 0.25) is 0 Å². The van der Waals surface area contributed by atoms with Gasteiger partial charge in [-0.15, -0.1) is 11.6 Å². The molecule has 0 saturated carbocycles. The van der Waals surface area contributed by atoms with Crippen LogP contribution in [0.25, 0.3) is 0 Å². The van der Waals surface area contributed by atoms with Crippen LogP contribution in [0.1, 0.15) is 27.2 Å². The number of alkyl halides is 1. The molecule has 0 aromatic rings. The third-order valence-corrected chi connectivity index (χ3v) is 4.65. The summed E-state index contributed by atoms with van der Waals surface area (Å²) in [7, 11) is -3.62. The Bertz CT molecular complexity index is 330. The highest BCUT2D eigenvalue weighted by atomic mass is 35.5. The monoisotopic (exact) mass is 225 g/mol. The first-order valence-electron chi connectivity index (χ1n) is 3.88. The Hall–Kier alpha value is -0.290. The minimum Gasteiger partial charge on any atom is -0.274 e. The van der Waals surface area contributed by atoms with Gasteiger partial charge in [0.15, 0.2) is 4.71 Å². The maximum absolute atomic E-state index is 11.5. The van der Waals surface area contributed by atoms with Crippen LogP contribution in [-0.2, 0) is 14.8 Å². The zero-order valence-corrected chi connectivity index (χ0v) is 9.32. The second-order valence-electron chi connectivity index (χ2n) is 3.99. The fraction of sp³-hybridized carbons (Fsp3) is 0.857. The van der Waals surface area contributed by atoms with Gasteiger partial charge in [-0.2, -0.15) is 0 Å². The summed E-state index contributed by atoms with van der Waals surface area (Å²) in [6, 6.07) is 0. The Kier molecular flexibility index (Phi) is 2.37. The molecule has 1 atom stereocenters. The summed E-state index contributed by atoms with van der Waals surface area (Å²) in [4.78, 5) is 11.3. The van der Waals surface area contributed by atoms with Gasteiger partial charge >= 0.3 is 0 Å². The van der Waals surface area contributed by atoms with Crippen LogP contribution in [-0.4, -0.2) is 28.9 Å². The van der Waals surface area contributed by atoms with Gasteiger partial charge in [-0.1, -0.05) is 0 Å². The molecule has 0 N–H and O–H groups in total. The Morgan fingerprint density at radius 1 is 1.46 bits per heavy atom. The highest BCUT2D eigenvalue weighted by molar-refractivity contribution is 7.92. The third-order valence-electron chi connectivity index (χ3n) is 1.75. The predicted octanol–water partition coefficient (Wildman–Crippen LogP) is 0.912. The summed E-state index contributed by atoms with van der Waals surface area (Å²) in [5.74, 6) is -0.424. The SMILES string of the molecule is CC(C)(C)N1C(=O)CC(Cl)S1(=O)=O. The predicted molar refractivity (Wildman–Crippen MR) is 49.8 cm³/mol. The van der Waals surface area contributed by atoms with E-state index in [2.05, 4.69) is 0 Å². The molecular weight excluding hydrogens is 214 g/mol. The van der Waals surface area contributed by atoms with E-state index in [1.165, 1.54) is 0 Å². The smallest absolute Gasteiger partial charge is 0.255 e.